The van der Waals surface area contributed by atoms with Gasteiger partial charge in [-0.25, -0.2) is 4.79 Å². The SMILES string of the molecule is Cc1cc(C(=O)N2CCCC2C(=O)O)ccc1[N+](=O)[O-]. The van der Waals surface area contributed by atoms with Crippen molar-refractivity contribution in [1.82, 2.24) is 4.90 Å². The zero-order chi connectivity index (χ0) is 14.9. The number of carboxylic acid groups (broad SMARTS) is 1. The van der Waals surface area contributed by atoms with Crippen LogP contribution in [0.1, 0.15) is 28.8 Å². The van der Waals surface area contributed by atoms with Crippen LogP contribution in [0.4, 0.5) is 5.69 Å². The van der Waals surface area contributed by atoms with Crippen LogP contribution < -0.4 is 0 Å². The maximum Gasteiger partial charge on any atom is 0.326 e. The molecule has 1 aromatic carbocycles. The number of nitro benzene ring substituents is 1. The average Bonchev–Trinajstić information content (AvgIpc) is 2.86. The molecule has 0 radical (unpaired) electrons. The van der Waals surface area contributed by atoms with Gasteiger partial charge in [-0.15, -0.1) is 0 Å². The van der Waals surface area contributed by atoms with Gasteiger partial charge in [0, 0.05) is 23.7 Å². The predicted octanol–water partition coefficient (Wildman–Crippen LogP) is 1.59. The fourth-order valence-corrected chi connectivity index (χ4v) is 2.43. The Morgan fingerprint density at radius 3 is 2.70 bits per heavy atom. The number of carbonyl (C=O) groups excluding carboxylic acids is 1. The predicted molar refractivity (Wildman–Crippen MR) is 69.5 cm³/mol. The minimum atomic E-state index is -1.02. The second-order valence-electron chi connectivity index (χ2n) is 4.75. The van der Waals surface area contributed by atoms with Gasteiger partial charge in [0.05, 0.1) is 4.92 Å². The molecule has 1 aliphatic rings. The molecule has 1 N–H and O–H groups in total. The minimum Gasteiger partial charge on any atom is -0.480 e. The fourth-order valence-electron chi connectivity index (χ4n) is 2.43. The zero-order valence-electron chi connectivity index (χ0n) is 10.9. The summed E-state index contributed by atoms with van der Waals surface area (Å²) in [6, 6.07) is 3.26. The van der Waals surface area contributed by atoms with Crippen molar-refractivity contribution in [3.63, 3.8) is 0 Å². The number of hydrogen-bond donors (Lipinski definition) is 1. The van der Waals surface area contributed by atoms with E-state index in [-0.39, 0.29) is 11.3 Å². The van der Waals surface area contributed by atoms with Crippen LogP contribution in [0.5, 0.6) is 0 Å². The molecule has 1 aromatic rings. The maximum atomic E-state index is 12.3. The van der Waals surface area contributed by atoms with E-state index in [1.807, 2.05) is 0 Å². The van der Waals surface area contributed by atoms with Crippen LogP contribution in [0.25, 0.3) is 0 Å². The van der Waals surface area contributed by atoms with Crippen molar-refractivity contribution in [3.8, 4) is 0 Å². The number of carboxylic acids is 1. The first-order valence-electron chi connectivity index (χ1n) is 6.20. The first kappa shape index (κ1) is 14.0. The number of hydrogen-bond acceptors (Lipinski definition) is 4. The highest BCUT2D eigenvalue weighted by Gasteiger charge is 2.34. The van der Waals surface area contributed by atoms with E-state index in [1.165, 1.54) is 23.1 Å². The number of nitrogens with zero attached hydrogens (tertiary/aromatic N) is 2. The Bertz CT molecular complexity index is 584. The van der Waals surface area contributed by atoms with Crippen molar-refractivity contribution in [2.75, 3.05) is 6.54 Å². The van der Waals surface area contributed by atoms with E-state index in [0.29, 0.717) is 24.9 Å². The minimum absolute atomic E-state index is 0.0576. The Labute approximate surface area is 115 Å². The van der Waals surface area contributed by atoms with Gasteiger partial charge in [0.2, 0.25) is 0 Å². The number of aliphatic carboxylic acids is 1. The monoisotopic (exact) mass is 278 g/mol. The maximum absolute atomic E-state index is 12.3. The number of aryl methyl sites for hydroxylation is 1. The molecule has 1 heterocycles. The van der Waals surface area contributed by atoms with E-state index >= 15 is 0 Å². The summed E-state index contributed by atoms with van der Waals surface area (Å²) < 4.78 is 0. The molecule has 20 heavy (non-hydrogen) atoms. The van der Waals surface area contributed by atoms with Crippen LogP contribution in [-0.4, -0.2) is 39.4 Å². The van der Waals surface area contributed by atoms with E-state index in [4.69, 9.17) is 5.11 Å². The molecule has 0 aliphatic carbocycles. The number of likely N-dealkylation sites (tertiary alicyclic amines) is 1. The lowest BCUT2D eigenvalue weighted by molar-refractivity contribution is -0.385. The molecule has 0 bridgehead atoms. The molecule has 0 saturated carbocycles. The number of carbonyl (C=O) groups is 2. The number of nitro groups is 1. The first-order valence-corrected chi connectivity index (χ1v) is 6.20. The normalized spacial score (nSPS) is 18.1. The third-order valence-electron chi connectivity index (χ3n) is 3.44. The van der Waals surface area contributed by atoms with Crippen molar-refractivity contribution in [1.29, 1.82) is 0 Å². The van der Waals surface area contributed by atoms with Gasteiger partial charge in [-0.3, -0.25) is 14.9 Å². The van der Waals surface area contributed by atoms with E-state index in [2.05, 4.69) is 0 Å². The lowest BCUT2D eigenvalue weighted by atomic mass is 10.1. The standard InChI is InChI=1S/C13H14N2O5/c1-8-7-9(4-5-10(8)15(19)20)12(16)14-6-2-3-11(14)13(17)18/h4-5,7,11H,2-3,6H2,1H3,(H,17,18). The summed E-state index contributed by atoms with van der Waals surface area (Å²) in [4.78, 5) is 34.9. The Kier molecular flexibility index (Phi) is 3.69. The van der Waals surface area contributed by atoms with Gasteiger partial charge in [-0.1, -0.05) is 0 Å². The van der Waals surface area contributed by atoms with Crippen LogP contribution in [0.2, 0.25) is 0 Å². The number of rotatable bonds is 3. The van der Waals surface area contributed by atoms with E-state index in [9.17, 15) is 19.7 Å². The molecule has 0 aromatic heterocycles. The third-order valence-corrected chi connectivity index (χ3v) is 3.44. The van der Waals surface area contributed by atoms with Gasteiger partial charge in [-0.05, 0) is 31.9 Å². The molecule has 1 fully saturated rings. The Morgan fingerprint density at radius 1 is 1.45 bits per heavy atom. The van der Waals surface area contributed by atoms with Gasteiger partial charge in [0.15, 0.2) is 0 Å². The van der Waals surface area contributed by atoms with E-state index in [0.717, 1.165) is 0 Å². The second-order valence-corrected chi connectivity index (χ2v) is 4.75. The van der Waals surface area contributed by atoms with Gasteiger partial charge in [0.1, 0.15) is 6.04 Å². The molecular formula is C13H14N2O5. The van der Waals surface area contributed by atoms with Crippen molar-refractivity contribution in [2.24, 2.45) is 0 Å². The summed E-state index contributed by atoms with van der Waals surface area (Å²) in [6.45, 7) is 1.94. The van der Waals surface area contributed by atoms with Crippen LogP contribution in [0.15, 0.2) is 18.2 Å². The van der Waals surface area contributed by atoms with Crippen molar-refractivity contribution in [3.05, 3.63) is 39.4 Å². The van der Waals surface area contributed by atoms with E-state index < -0.39 is 22.8 Å². The van der Waals surface area contributed by atoms with E-state index in [1.54, 1.807) is 6.92 Å². The van der Waals surface area contributed by atoms with Crippen LogP contribution >= 0.6 is 0 Å². The van der Waals surface area contributed by atoms with Crippen molar-refractivity contribution < 1.29 is 19.6 Å². The molecule has 7 heteroatoms. The van der Waals surface area contributed by atoms with Crippen molar-refractivity contribution in [2.45, 2.75) is 25.8 Å². The molecule has 0 spiro atoms. The van der Waals surface area contributed by atoms with Gasteiger partial charge in [0.25, 0.3) is 11.6 Å². The second kappa shape index (κ2) is 5.28. The molecule has 106 valence electrons. The van der Waals surface area contributed by atoms with Gasteiger partial charge in [-0.2, -0.15) is 0 Å². The summed E-state index contributed by atoms with van der Waals surface area (Å²) in [7, 11) is 0. The molecule has 1 saturated heterocycles. The summed E-state index contributed by atoms with van der Waals surface area (Å²) in [5, 5.41) is 19.8. The largest absolute Gasteiger partial charge is 0.480 e. The smallest absolute Gasteiger partial charge is 0.326 e. The molecular weight excluding hydrogens is 264 g/mol. The zero-order valence-corrected chi connectivity index (χ0v) is 10.9. The third kappa shape index (κ3) is 2.47. The average molecular weight is 278 g/mol. The Hall–Kier alpha value is -2.44. The molecule has 1 unspecified atom stereocenters. The summed E-state index contributed by atoms with van der Waals surface area (Å²) in [6.07, 6.45) is 1.09. The molecule has 1 atom stereocenters. The summed E-state index contributed by atoms with van der Waals surface area (Å²) in [5.41, 5.74) is 0.603. The quantitative estimate of drug-likeness (QED) is 0.668. The topological polar surface area (TPSA) is 101 Å². The highest BCUT2D eigenvalue weighted by molar-refractivity contribution is 5.97. The van der Waals surface area contributed by atoms with Crippen LogP contribution in [0.3, 0.4) is 0 Å². The molecule has 2 rings (SSSR count). The molecule has 1 amide bonds. The summed E-state index contributed by atoms with van der Waals surface area (Å²) in [5.74, 6) is -1.41. The molecule has 1 aliphatic heterocycles. The van der Waals surface area contributed by atoms with Gasteiger partial charge < -0.3 is 10.0 Å². The Balaban J connectivity index is 2.27. The fraction of sp³-hybridized carbons (Fsp3) is 0.385. The number of amides is 1. The van der Waals surface area contributed by atoms with Crippen LogP contribution in [-0.2, 0) is 4.79 Å². The van der Waals surface area contributed by atoms with Gasteiger partial charge >= 0.3 is 5.97 Å². The Morgan fingerprint density at radius 2 is 2.15 bits per heavy atom. The highest BCUT2D eigenvalue weighted by Crippen LogP contribution is 2.23. The first-order chi connectivity index (χ1) is 9.41. The lowest BCUT2D eigenvalue weighted by Crippen LogP contribution is -2.40. The lowest BCUT2D eigenvalue weighted by Gasteiger charge is -2.21. The summed E-state index contributed by atoms with van der Waals surface area (Å²) >= 11 is 0. The van der Waals surface area contributed by atoms with Crippen LogP contribution in [0, 0.1) is 17.0 Å². The highest BCUT2D eigenvalue weighted by atomic mass is 16.6. The molecule has 7 nitrogen and oxygen atoms in total. The van der Waals surface area contributed by atoms with Crippen molar-refractivity contribution >= 4 is 17.6 Å². The number of benzene rings is 1.